The van der Waals surface area contributed by atoms with E-state index in [4.69, 9.17) is 5.73 Å². The zero-order chi connectivity index (χ0) is 14.3. The molecule has 4 heteroatoms. The lowest BCUT2D eigenvalue weighted by atomic mass is 10.0. The standard InChI is InChI=1S/C15H25N3O/c1-11(2)9-14(16)18-15(19)13(17-3)10-12-7-5-4-6-8-12/h4-8,11,13-14,17H,9-10,16H2,1-3H3,(H,18,19). The Labute approximate surface area is 115 Å². The molecule has 0 saturated carbocycles. The predicted octanol–water partition coefficient (Wildman–Crippen LogP) is 1.26. The molecular weight excluding hydrogens is 238 g/mol. The molecule has 1 amide bonds. The molecule has 2 atom stereocenters. The van der Waals surface area contributed by atoms with Crippen molar-refractivity contribution in [1.82, 2.24) is 10.6 Å². The highest BCUT2D eigenvalue weighted by atomic mass is 16.2. The molecule has 0 bridgehead atoms. The molecule has 4 N–H and O–H groups in total. The molecule has 2 unspecified atom stereocenters. The SMILES string of the molecule is CNC(Cc1ccccc1)C(=O)NC(N)CC(C)C. The Morgan fingerprint density at radius 2 is 1.89 bits per heavy atom. The monoisotopic (exact) mass is 263 g/mol. The van der Waals surface area contributed by atoms with Gasteiger partial charge in [-0.05, 0) is 31.4 Å². The first kappa shape index (κ1) is 15.7. The molecule has 0 aromatic heterocycles. The normalized spacial score (nSPS) is 14.2. The first-order chi connectivity index (χ1) is 9.02. The van der Waals surface area contributed by atoms with Gasteiger partial charge in [0.25, 0.3) is 0 Å². The molecule has 106 valence electrons. The van der Waals surface area contributed by atoms with Crippen molar-refractivity contribution in [3.8, 4) is 0 Å². The Bertz CT molecular complexity index is 378. The Hall–Kier alpha value is -1.39. The first-order valence-corrected chi connectivity index (χ1v) is 6.80. The summed E-state index contributed by atoms with van der Waals surface area (Å²) in [6, 6.07) is 9.71. The van der Waals surface area contributed by atoms with Gasteiger partial charge in [0.2, 0.25) is 5.91 Å². The summed E-state index contributed by atoms with van der Waals surface area (Å²) in [7, 11) is 1.79. The van der Waals surface area contributed by atoms with Crippen LogP contribution in [0.3, 0.4) is 0 Å². The van der Waals surface area contributed by atoms with Crippen LogP contribution < -0.4 is 16.4 Å². The zero-order valence-corrected chi connectivity index (χ0v) is 12.0. The molecule has 1 rings (SSSR count). The highest BCUT2D eigenvalue weighted by Gasteiger charge is 2.19. The minimum absolute atomic E-state index is 0.0421. The maximum Gasteiger partial charge on any atom is 0.238 e. The first-order valence-electron chi connectivity index (χ1n) is 6.80. The minimum Gasteiger partial charge on any atom is -0.340 e. The number of rotatable bonds is 7. The van der Waals surface area contributed by atoms with Crippen molar-refractivity contribution < 1.29 is 4.79 Å². The molecule has 0 aliphatic carbocycles. The van der Waals surface area contributed by atoms with Crippen LogP contribution >= 0.6 is 0 Å². The van der Waals surface area contributed by atoms with E-state index in [0.717, 1.165) is 12.0 Å². The van der Waals surface area contributed by atoms with Crippen molar-refractivity contribution in [3.63, 3.8) is 0 Å². The van der Waals surface area contributed by atoms with Gasteiger partial charge in [-0.25, -0.2) is 0 Å². The summed E-state index contributed by atoms with van der Waals surface area (Å²) in [4.78, 5) is 12.1. The summed E-state index contributed by atoms with van der Waals surface area (Å²) in [5.74, 6) is 0.428. The highest BCUT2D eigenvalue weighted by molar-refractivity contribution is 5.82. The molecular formula is C15H25N3O. The second-order valence-corrected chi connectivity index (χ2v) is 5.28. The second kappa shape index (κ2) is 7.92. The highest BCUT2D eigenvalue weighted by Crippen LogP contribution is 2.04. The van der Waals surface area contributed by atoms with E-state index >= 15 is 0 Å². The molecule has 0 aliphatic heterocycles. The van der Waals surface area contributed by atoms with Crippen molar-refractivity contribution in [2.75, 3.05) is 7.05 Å². The van der Waals surface area contributed by atoms with Crippen molar-refractivity contribution in [2.45, 2.75) is 38.9 Å². The maximum absolute atomic E-state index is 12.1. The van der Waals surface area contributed by atoms with E-state index in [1.165, 1.54) is 0 Å². The van der Waals surface area contributed by atoms with Crippen molar-refractivity contribution in [3.05, 3.63) is 35.9 Å². The van der Waals surface area contributed by atoms with Crippen molar-refractivity contribution >= 4 is 5.91 Å². The molecule has 0 saturated heterocycles. The third-order valence-electron chi connectivity index (χ3n) is 3.00. The summed E-state index contributed by atoms with van der Waals surface area (Å²) in [5.41, 5.74) is 7.04. The lowest BCUT2D eigenvalue weighted by Crippen LogP contribution is -2.51. The second-order valence-electron chi connectivity index (χ2n) is 5.28. The van der Waals surface area contributed by atoms with E-state index in [9.17, 15) is 4.79 Å². The van der Waals surface area contributed by atoms with Gasteiger partial charge in [0, 0.05) is 0 Å². The number of likely N-dealkylation sites (N-methyl/N-ethyl adjacent to an activating group) is 1. The Morgan fingerprint density at radius 3 is 2.42 bits per heavy atom. The summed E-state index contributed by atoms with van der Waals surface area (Å²) in [6.07, 6.45) is 1.17. The van der Waals surface area contributed by atoms with Crippen LogP contribution in [0.2, 0.25) is 0 Å². The molecule has 0 fully saturated rings. The van der Waals surface area contributed by atoms with Gasteiger partial charge in [-0.1, -0.05) is 44.2 Å². The fourth-order valence-corrected chi connectivity index (χ4v) is 2.03. The topological polar surface area (TPSA) is 67.2 Å². The van der Waals surface area contributed by atoms with Gasteiger partial charge >= 0.3 is 0 Å². The fourth-order valence-electron chi connectivity index (χ4n) is 2.03. The lowest BCUT2D eigenvalue weighted by molar-refractivity contribution is -0.123. The molecule has 0 radical (unpaired) electrons. The molecule has 19 heavy (non-hydrogen) atoms. The van der Waals surface area contributed by atoms with Gasteiger partial charge in [0.15, 0.2) is 0 Å². The third kappa shape index (κ3) is 5.85. The Balaban J connectivity index is 2.52. The smallest absolute Gasteiger partial charge is 0.238 e. The van der Waals surface area contributed by atoms with E-state index in [0.29, 0.717) is 12.3 Å². The maximum atomic E-state index is 12.1. The van der Waals surface area contributed by atoms with Gasteiger partial charge in [-0.3, -0.25) is 4.79 Å². The largest absolute Gasteiger partial charge is 0.340 e. The number of carbonyl (C=O) groups excluding carboxylic acids is 1. The van der Waals surface area contributed by atoms with Gasteiger partial charge < -0.3 is 16.4 Å². The van der Waals surface area contributed by atoms with E-state index < -0.39 is 0 Å². The predicted molar refractivity (Wildman–Crippen MR) is 78.6 cm³/mol. The number of nitrogens with two attached hydrogens (primary N) is 1. The van der Waals surface area contributed by atoms with Crippen LogP contribution in [0.1, 0.15) is 25.8 Å². The Kier molecular flexibility index (Phi) is 6.53. The van der Waals surface area contributed by atoms with Crippen LogP contribution in [-0.4, -0.2) is 25.2 Å². The van der Waals surface area contributed by atoms with Gasteiger partial charge in [0.1, 0.15) is 0 Å². The van der Waals surface area contributed by atoms with Gasteiger partial charge in [0.05, 0.1) is 12.2 Å². The number of benzene rings is 1. The quantitative estimate of drug-likeness (QED) is 0.649. The third-order valence-corrected chi connectivity index (χ3v) is 3.00. The average Bonchev–Trinajstić information content (AvgIpc) is 2.35. The van der Waals surface area contributed by atoms with E-state index in [2.05, 4.69) is 24.5 Å². The van der Waals surface area contributed by atoms with Crippen LogP contribution in [0.4, 0.5) is 0 Å². The molecule has 0 heterocycles. The van der Waals surface area contributed by atoms with Crippen LogP contribution in [0.5, 0.6) is 0 Å². The fraction of sp³-hybridized carbons (Fsp3) is 0.533. The van der Waals surface area contributed by atoms with Crippen molar-refractivity contribution in [1.29, 1.82) is 0 Å². The van der Waals surface area contributed by atoms with Crippen molar-refractivity contribution in [2.24, 2.45) is 11.7 Å². The average molecular weight is 263 g/mol. The van der Waals surface area contributed by atoms with E-state index in [-0.39, 0.29) is 18.1 Å². The minimum atomic E-state index is -0.279. The summed E-state index contributed by atoms with van der Waals surface area (Å²) in [5, 5.41) is 5.90. The summed E-state index contributed by atoms with van der Waals surface area (Å²) in [6.45, 7) is 4.18. The number of amides is 1. The van der Waals surface area contributed by atoms with Crippen LogP contribution in [0.25, 0.3) is 0 Å². The molecule has 0 spiro atoms. The summed E-state index contributed by atoms with van der Waals surface area (Å²) >= 11 is 0. The van der Waals surface area contributed by atoms with Gasteiger partial charge in [-0.15, -0.1) is 0 Å². The molecule has 0 aliphatic rings. The number of hydrogen-bond acceptors (Lipinski definition) is 3. The number of nitrogens with one attached hydrogen (secondary N) is 2. The summed E-state index contributed by atoms with van der Waals surface area (Å²) < 4.78 is 0. The van der Waals surface area contributed by atoms with Crippen LogP contribution in [0, 0.1) is 5.92 Å². The van der Waals surface area contributed by atoms with E-state index in [1.807, 2.05) is 30.3 Å². The van der Waals surface area contributed by atoms with Crippen LogP contribution in [-0.2, 0) is 11.2 Å². The molecule has 1 aromatic rings. The molecule has 1 aromatic carbocycles. The number of hydrogen-bond donors (Lipinski definition) is 3. The van der Waals surface area contributed by atoms with Crippen LogP contribution in [0.15, 0.2) is 30.3 Å². The lowest BCUT2D eigenvalue weighted by Gasteiger charge is -2.21. The number of carbonyl (C=O) groups is 1. The van der Waals surface area contributed by atoms with Gasteiger partial charge in [-0.2, -0.15) is 0 Å². The molecule has 4 nitrogen and oxygen atoms in total. The zero-order valence-electron chi connectivity index (χ0n) is 12.0. The van der Waals surface area contributed by atoms with E-state index in [1.54, 1.807) is 7.05 Å². The Morgan fingerprint density at radius 1 is 1.26 bits per heavy atom.